The molecule has 0 heterocycles. The molecule has 1 nitrogen and oxygen atoms in total. The van der Waals surface area contributed by atoms with Gasteiger partial charge in [-0.1, -0.05) is 40.0 Å². The lowest BCUT2D eigenvalue weighted by atomic mass is 9.98. The van der Waals surface area contributed by atoms with Crippen molar-refractivity contribution in [2.45, 2.75) is 84.7 Å². The molecule has 1 aliphatic carbocycles. The van der Waals surface area contributed by atoms with E-state index in [2.05, 4.69) is 33.0 Å². The Morgan fingerprint density at radius 1 is 1.12 bits per heavy atom. The van der Waals surface area contributed by atoms with Crippen LogP contribution in [0.1, 0.15) is 72.6 Å². The van der Waals surface area contributed by atoms with E-state index in [0.29, 0.717) is 6.04 Å². The van der Waals surface area contributed by atoms with Gasteiger partial charge in [-0.3, -0.25) is 0 Å². The van der Waals surface area contributed by atoms with Crippen LogP contribution in [0.2, 0.25) is 0 Å². The van der Waals surface area contributed by atoms with E-state index in [0.717, 1.165) is 17.9 Å². The van der Waals surface area contributed by atoms with Crippen LogP contribution in [0.5, 0.6) is 0 Å². The van der Waals surface area contributed by atoms with Crippen LogP contribution < -0.4 is 5.32 Å². The summed E-state index contributed by atoms with van der Waals surface area (Å²) in [5.41, 5.74) is 0. The molecule has 0 radical (unpaired) electrons. The molecule has 0 aromatic rings. The van der Waals surface area contributed by atoms with Gasteiger partial charge in [0.15, 0.2) is 0 Å². The quantitative estimate of drug-likeness (QED) is 0.685. The average Bonchev–Trinajstić information content (AvgIpc) is 2.43. The zero-order chi connectivity index (χ0) is 12.0. The van der Waals surface area contributed by atoms with Crippen molar-refractivity contribution in [2.24, 2.45) is 11.8 Å². The van der Waals surface area contributed by atoms with E-state index in [1.54, 1.807) is 0 Å². The monoisotopic (exact) mass is 225 g/mol. The predicted molar refractivity (Wildman–Crippen MR) is 72.7 cm³/mol. The molecule has 1 aliphatic rings. The van der Waals surface area contributed by atoms with Crippen LogP contribution in [0.15, 0.2) is 0 Å². The maximum atomic E-state index is 3.84. The van der Waals surface area contributed by atoms with Crippen molar-refractivity contribution >= 4 is 0 Å². The lowest BCUT2D eigenvalue weighted by Crippen LogP contribution is -2.37. The van der Waals surface area contributed by atoms with Gasteiger partial charge in [0, 0.05) is 12.1 Å². The third-order valence-electron chi connectivity index (χ3n) is 4.23. The molecule has 0 amide bonds. The summed E-state index contributed by atoms with van der Waals surface area (Å²) in [5.74, 6) is 1.82. The third kappa shape index (κ3) is 5.34. The molecule has 0 bridgehead atoms. The van der Waals surface area contributed by atoms with Crippen LogP contribution in [0, 0.1) is 11.8 Å². The summed E-state index contributed by atoms with van der Waals surface area (Å²) in [4.78, 5) is 0. The predicted octanol–water partition coefficient (Wildman–Crippen LogP) is 4.37. The fourth-order valence-electron chi connectivity index (χ4n) is 2.89. The molecule has 4 unspecified atom stereocenters. The van der Waals surface area contributed by atoms with Crippen molar-refractivity contribution in [1.29, 1.82) is 0 Å². The molecule has 1 heteroatoms. The van der Waals surface area contributed by atoms with Gasteiger partial charge in [0.25, 0.3) is 0 Å². The molecule has 0 aromatic carbocycles. The number of nitrogens with one attached hydrogen (secondary N) is 1. The lowest BCUT2D eigenvalue weighted by Gasteiger charge is -2.24. The Bertz CT molecular complexity index is 178. The Morgan fingerprint density at radius 2 is 1.88 bits per heavy atom. The van der Waals surface area contributed by atoms with Gasteiger partial charge in [0.1, 0.15) is 0 Å². The van der Waals surface area contributed by atoms with Crippen LogP contribution in [0.3, 0.4) is 0 Å². The highest BCUT2D eigenvalue weighted by atomic mass is 14.9. The van der Waals surface area contributed by atoms with E-state index in [1.807, 2.05) is 0 Å². The average molecular weight is 225 g/mol. The molecule has 1 fully saturated rings. The SMILES string of the molecule is CCC(C)CC(C)NC1CCCC(C)CC1. The van der Waals surface area contributed by atoms with Crippen molar-refractivity contribution in [1.82, 2.24) is 5.32 Å². The first-order valence-corrected chi connectivity index (χ1v) is 7.37. The van der Waals surface area contributed by atoms with E-state index in [9.17, 15) is 0 Å². The highest BCUT2D eigenvalue weighted by molar-refractivity contribution is 4.76. The Morgan fingerprint density at radius 3 is 2.56 bits per heavy atom. The molecule has 4 atom stereocenters. The maximum Gasteiger partial charge on any atom is 0.00696 e. The lowest BCUT2D eigenvalue weighted by molar-refractivity contribution is 0.351. The second kappa shape index (κ2) is 7.32. The van der Waals surface area contributed by atoms with Gasteiger partial charge in [0.2, 0.25) is 0 Å². The fraction of sp³-hybridized carbons (Fsp3) is 1.00. The molecule has 1 N–H and O–H groups in total. The standard InChI is InChI=1S/C15H31N/c1-5-12(2)11-14(4)16-15-8-6-7-13(3)9-10-15/h12-16H,5-11H2,1-4H3. The van der Waals surface area contributed by atoms with Crippen molar-refractivity contribution in [3.63, 3.8) is 0 Å². The van der Waals surface area contributed by atoms with E-state index < -0.39 is 0 Å². The minimum absolute atomic E-state index is 0.702. The summed E-state index contributed by atoms with van der Waals surface area (Å²) >= 11 is 0. The molecule has 1 rings (SSSR count). The Balaban J connectivity index is 2.24. The van der Waals surface area contributed by atoms with E-state index >= 15 is 0 Å². The normalized spacial score (nSPS) is 30.8. The van der Waals surface area contributed by atoms with Crippen molar-refractivity contribution in [2.75, 3.05) is 0 Å². The van der Waals surface area contributed by atoms with Crippen LogP contribution in [-0.2, 0) is 0 Å². The molecule has 96 valence electrons. The summed E-state index contributed by atoms with van der Waals surface area (Å²) in [6.07, 6.45) is 9.73. The second-order valence-corrected chi connectivity index (χ2v) is 6.13. The minimum atomic E-state index is 0.702. The highest BCUT2D eigenvalue weighted by Crippen LogP contribution is 2.23. The maximum absolute atomic E-state index is 3.84. The van der Waals surface area contributed by atoms with E-state index in [-0.39, 0.29) is 0 Å². The van der Waals surface area contributed by atoms with Gasteiger partial charge >= 0.3 is 0 Å². The largest absolute Gasteiger partial charge is 0.311 e. The van der Waals surface area contributed by atoms with Gasteiger partial charge in [0.05, 0.1) is 0 Å². The summed E-state index contributed by atoms with van der Waals surface area (Å²) in [6, 6.07) is 1.50. The van der Waals surface area contributed by atoms with Gasteiger partial charge in [-0.2, -0.15) is 0 Å². The topological polar surface area (TPSA) is 12.0 Å². The van der Waals surface area contributed by atoms with Gasteiger partial charge in [-0.15, -0.1) is 0 Å². The highest BCUT2D eigenvalue weighted by Gasteiger charge is 2.18. The Labute approximate surface area is 102 Å². The number of hydrogen-bond acceptors (Lipinski definition) is 1. The molecule has 0 spiro atoms. The van der Waals surface area contributed by atoms with Crippen LogP contribution in [-0.4, -0.2) is 12.1 Å². The second-order valence-electron chi connectivity index (χ2n) is 6.13. The molecule has 0 aliphatic heterocycles. The molecular formula is C15H31N. The first kappa shape index (κ1) is 14.0. The smallest absolute Gasteiger partial charge is 0.00696 e. The van der Waals surface area contributed by atoms with Crippen molar-refractivity contribution in [3.8, 4) is 0 Å². The van der Waals surface area contributed by atoms with E-state index in [1.165, 1.54) is 44.9 Å². The first-order valence-electron chi connectivity index (χ1n) is 7.37. The van der Waals surface area contributed by atoms with Crippen molar-refractivity contribution in [3.05, 3.63) is 0 Å². The molecule has 0 saturated heterocycles. The number of rotatable bonds is 5. The van der Waals surface area contributed by atoms with Crippen LogP contribution >= 0.6 is 0 Å². The zero-order valence-corrected chi connectivity index (χ0v) is 11.8. The van der Waals surface area contributed by atoms with Crippen LogP contribution in [0.4, 0.5) is 0 Å². The first-order chi connectivity index (χ1) is 7.61. The Kier molecular flexibility index (Phi) is 6.41. The third-order valence-corrected chi connectivity index (χ3v) is 4.23. The van der Waals surface area contributed by atoms with Gasteiger partial charge < -0.3 is 5.32 Å². The summed E-state index contributed by atoms with van der Waals surface area (Å²) < 4.78 is 0. The van der Waals surface area contributed by atoms with Gasteiger partial charge in [-0.25, -0.2) is 0 Å². The molecular weight excluding hydrogens is 194 g/mol. The molecule has 0 aromatic heterocycles. The fourth-order valence-corrected chi connectivity index (χ4v) is 2.89. The minimum Gasteiger partial charge on any atom is -0.311 e. The number of hydrogen-bond donors (Lipinski definition) is 1. The summed E-state index contributed by atoms with van der Waals surface area (Å²) in [7, 11) is 0. The molecule has 16 heavy (non-hydrogen) atoms. The summed E-state index contributed by atoms with van der Waals surface area (Å²) in [6.45, 7) is 9.43. The Hall–Kier alpha value is -0.0400. The van der Waals surface area contributed by atoms with Crippen LogP contribution in [0.25, 0.3) is 0 Å². The summed E-state index contributed by atoms with van der Waals surface area (Å²) in [5, 5.41) is 3.84. The zero-order valence-electron chi connectivity index (χ0n) is 11.8. The van der Waals surface area contributed by atoms with Gasteiger partial charge in [-0.05, 0) is 44.4 Å². The molecule has 1 saturated carbocycles. The van der Waals surface area contributed by atoms with Crippen molar-refractivity contribution < 1.29 is 0 Å². The van der Waals surface area contributed by atoms with E-state index in [4.69, 9.17) is 0 Å².